The molecule has 0 aliphatic rings. The summed E-state index contributed by atoms with van der Waals surface area (Å²) in [5, 5.41) is 16.2. The predicted octanol–water partition coefficient (Wildman–Crippen LogP) is 5.54. The summed E-state index contributed by atoms with van der Waals surface area (Å²) < 4.78 is 19.3. The van der Waals surface area contributed by atoms with E-state index in [4.69, 9.17) is 27.9 Å². The van der Waals surface area contributed by atoms with Crippen LogP contribution in [0.1, 0.15) is 13.8 Å². The fourth-order valence-electron chi connectivity index (χ4n) is 2.07. The SMILES string of the molecule is CC.O=c1[nH]nc(Oc2c(Cl)cc([N+](=O)[O-])cc2Cl)c2cccc(F)c12.[CH3-].[Cm].[Pu].[Ru+]. The van der Waals surface area contributed by atoms with E-state index in [0.29, 0.717) is 0 Å². The zero-order valence-corrected chi connectivity index (χ0v) is 25.3. The number of non-ortho nitro benzene ring substituents is 1. The van der Waals surface area contributed by atoms with E-state index < -0.39 is 16.3 Å². The molecule has 0 aliphatic carbocycles. The maximum Gasteiger partial charge on any atom is 1.00 e. The standard InChI is InChI=1S/C14H6Cl2FN3O4.C2H6.CH3.Cm.Pu.Ru/c15-8-4-6(20(22)23)5-9(16)12(8)24-14-7-2-1-3-10(17)11(7)13(21)18-19-14;1-2;;;;/h1-5H,(H,18,21);1-2H3;1H3;;;/q;;-1;;;+1. The Bertz CT molecular complexity index is 1040. The maximum atomic E-state index is 13.8. The van der Waals surface area contributed by atoms with Crippen LogP contribution in [0, 0.1) is 52.5 Å². The molecule has 1 aromatic heterocycles. The van der Waals surface area contributed by atoms with Gasteiger partial charge < -0.3 is 12.2 Å². The number of nitrogens with zero attached hydrogens (tertiary/aromatic N) is 2. The first-order chi connectivity index (χ1) is 12.4. The molecule has 1 radical (unpaired) electrons. The Labute approximate surface area is 210 Å². The number of hydrogen-bond donors (Lipinski definition) is 1. The van der Waals surface area contributed by atoms with Crippen LogP contribution in [0.25, 0.3) is 10.8 Å². The fourth-order valence-corrected chi connectivity index (χ4v) is 2.63. The van der Waals surface area contributed by atoms with Gasteiger partial charge in [-0.2, -0.15) is 0 Å². The third-order valence-corrected chi connectivity index (χ3v) is 3.68. The molecule has 1 heterocycles. The summed E-state index contributed by atoms with van der Waals surface area (Å²) in [6, 6.07) is 6.04. The van der Waals surface area contributed by atoms with Gasteiger partial charge in [0, 0.05) is 41.3 Å². The van der Waals surface area contributed by atoms with Crippen molar-refractivity contribution in [1.82, 2.24) is 10.2 Å². The fraction of sp³-hybridized carbons (Fsp3) is 0.118. The van der Waals surface area contributed by atoms with Crippen LogP contribution in [0.15, 0.2) is 35.1 Å². The summed E-state index contributed by atoms with van der Waals surface area (Å²) in [6.45, 7) is 4.00. The van der Waals surface area contributed by atoms with Crippen molar-refractivity contribution in [1.29, 1.82) is 0 Å². The first kappa shape index (κ1) is 32.6. The van der Waals surface area contributed by atoms with Gasteiger partial charge in [0.2, 0.25) is 5.88 Å². The molecule has 0 amide bonds. The molecule has 0 spiro atoms. The number of ether oxygens (including phenoxy) is 1. The van der Waals surface area contributed by atoms with Gasteiger partial charge in [-0.05, 0) is 12.1 Å². The first-order valence-electron chi connectivity index (χ1n) is 7.36. The van der Waals surface area contributed by atoms with Crippen molar-refractivity contribution in [2.75, 3.05) is 0 Å². The van der Waals surface area contributed by atoms with E-state index in [2.05, 4.69) is 10.2 Å². The van der Waals surface area contributed by atoms with Crippen LogP contribution in [0.5, 0.6) is 11.6 Å². The van der Waals surface area contributed by atoms with Gasteiger partial charge in [-0.15, -0.1) is 5.10 Å². The van der Waals surface area contributed by atoms with E-state index >= 15 is 0 Å². The van der Waals surface area contributed by atoms with E-state index in [0.717, 1.165) is 18.2 Å². The molecule has 0 bridgehead atoms. The second-order valence-electron chi connectivity index (χ2n) is 4.62. The molecule has 7 nitrogen and oxygen atoms in total. The molecule has 0 saturated heterocycles. The molecule has 1 N–H and O–H groups in total. The van der Waals surface area contributed by atoms with E-state index in [1.807, 2.05) is 13.8 Å². The minimum Gasteiger partial charge on any atom is -0.434 e. The number of nitrogens with one attached hydrogen (secondary N) is 1. The molecule has 30 heavy (non-hydrogen) atoms. The van der Waals surface area contributed by atoms with Gasteiger partial charge in [0.1, 0.15) is 5.82 Å². The van der Waals surface area contributed by atoms with Gasteiger partial charge in [-0.1, -0.05) is 43.1 Å². The zero-order chi connectivity index (χ0) is 19.4. The van der Waals surface area contributed by atoms with Gasteiger partial charge in [0.25, 0.3) is 11.2 Å². The number of nitro benzene ring substituents is 1. The number of H-pyrrole nitrogens is 1. The molecule has 13 heteroatoms. The molecule has 3 aromatic rings. The minimum absolute atomic E-state index is 0. The minimum atomic E-state index is -0.748. The van der Waals surface area contributed by atoms with Crippen molar-refractivity contribution < 1.29 is 62.7 Å². The molecule has 0 unspecified atom stereocenters. The molecule has 0 atom stereocenters. The zero-order valence-electron chi connectivity index (χ0n) is 15.7. The molecular formula is C17H15Cl2CmFN3O4PuRu. The Morgan fingerprint density at radius 3 is 2.23 bits per heavy atom. The third-order valence-electron chi connectivity index (χ3n) is 3.12. The van der Waals surface area contributed by atoms with E-state index in [-0.39, 0.29) is 94.2 Å². The Kier molecular flexibility index (Phi) is 15.2. The van der Waals surface area contributed by atoms with E-state index in [1.54, 1.807) is 0 Å². The number of hydrogen-bond acceptors (Lipinski definition) is 5. The molecule has 3 rings (SSSR count). The summed E-state index contributed by atoms with van der Waals surface area (Å²) in [4.78, 5) is 21.8. The van der Waals surface area contributed by atoms with Crippen molar-refractivity contribution >= 4 is 39.7 Å². The number of aromatic amines is 1. The largest absolute Gasteiger partial charge is 1.00 e. The van der Waals surface area contributed by atoms with Gasteiger partial charge in [0.05, 0.1) is 25.7 Å². The molecule has 165 valence electrons. The topological polar surface area (TPSA) is 98.1 Å². The molecule has 0 fully saturated rings. The molecule has 2 aromatic carbocycles. The van der Waals surface area contributed by atoms with Crippen LogP contribution in [0.3, 0.4) is 0 Å². The van der Waals surface area contributed by atoms with E-state index in [9.17, 15) is 19.3 Å². The third kappa shape index (κ3) is 6.72. The number of rotatable bonds is 3. The van der Waals surface area contributed by atoms with Crippen LogP contribution in [0.2, 0.25) is 10.0 Å². The average Bonchev–Trinajstić information content (AvgIpc) is 2.61. The van der Waals surface area contributed by atoms with Gasteiger partial charge in [0.15, 0.2) is 5.75 Å². The number of benzene rings is 2. The predicted molar refractivity (Wildman–Crippen MR) is 103 cm³/mol. The number of fused-ring (bicyclic) bond motifs is 1. The maximum absolute atomic E-state index is 13.8. The summed E-state index contributed by atoms with van der Waals surface area (Å²) in [7, 11) is 0. The Balaban J connectivity index is -0.00000118. The van der Waals surface area contributed by atoms with Crippen LogP contribution in [0.4, 0.5) is 10.1 Å². The summed E-state index contributed by atoms with van der Waals surface area (Å²) in [5.41, 5.74) is -1.04. The van der Waals surface area contributed by atoms with E-state index in [1.165, 1.54) is 12.1 Å². The average molecular weight is 1010 g/mol. The molecule has 0 aliphatic heterocycles. The quantitative estimate of drug-likeness (QED) is 0.161. The van der Waals surface area contributed by atoms with Gasteiger partial charge in [-0.25, -0.2) is 9.49 Å². The summed E-state index contributed by atoms with van der Waals surface area (Å²) in [5.74, 6) is -1.00. The van der Waals surface area contributed by atoms with Crippen molar-refractivity contribution in [3.8, 4) is 11.6 Å². The summed E-state index contributed by atoms with van der Waals surface area (Å²) in [6.07, 6.45) is 0. The van der Waals surface area contributed by atoms with Crippen molar-refractivity contribution in [3.63, 3.8) is 0 Å². The molecular weight excluding hydrogens is 992 g/mol. The first-order valence-corrected chi connectivity index (χ1v) is 8.12. The molecule has 0 saturated carbocycles. The number of aromatic nitrogens is 2. The van der Waals surface area contributed by atoms with Gasteiger partial charge in [-0.3, -0.25) is 14.9 Å². The van der Waals surface area contributed by atoms with Crippen LogP contribution in [-0.4, -0.2) is 15.1 Å². The second kappa shape index (κ2) is 14.0. The normalized spacial score (nSPS) is 8.83. The monoisotopic (exact) mass is 997 g/mol. The smallest absolute Gasteiger partial charge is 0.434 e. The van der Waals surface area contributed by atoms with Crippen LogP contribution >= 0.6 is 23.2 Å². The number of nitro groups is 1. The van der Waals surface area contributed by atoms with Crippen molar-refractivity contribution in [3.05, 3.63) is 74.1 Å². The van der Waals surface area contributed by atoms with Crippen LogP contribution in [-0.2, 0) is 19.5 Å². The second-order valence-corrected chi connectivity index (χ2v) is 5.43. The number of halogens is 3. The Morgan fingerprint density at radius 2 is 1.73 bits per heavy atom. The van der Waals surface area contributed by atoms with Crippen LogP contribution < -0.4 is 10.3 Å². The Morgan fingerprint density at radius 1 is 1.20 bits per heavy atom. The van der Waals surface area contributed by atoms with Gasteiger partial charge >= 0.3 is 19.5 Å². The van der Waals surface area contributed by atoms with Crippen molar-refractivity contribution in [2.24, 2.45) is 0 Å². The summed E-state index contributed by atoms with van der Waals surface area (Å²) >= 11 is 11.9. The van der Waals surface area contributed by atoms with Crippen molar-refractivity contribution in [2.45, 2.75) is 13.8 Å². The Hall–Kier alpha value is -2.10.